The molecule has 0 spiro atoms. The van der Waals surface area contributed by atoms with Crippen LogP contribution in [0.1, 0.15) is 12.5 Å². The first-order valence-corrected chi connectivity index (χ1v) is 5.55. The minimum absolute atomic E-state index is 0.333. The molecule has 0 unspecified atom stereocenters. The van der Waals surface area contributed by atoms with Crippen LogP contribution in [0.3, 0.4) is 0 Å². The van der Waals surface area contributed by atoms with Crippen LogP contribution in [0.15, 0.2) is 30.7 Å². The molecule has 6 heteroatoms. The first-order chi connectivity index (χ1) is 8.20. The van der Waals surface area contributed by atoms with Gasteiger partial charge < -0.3 is 10.5 Å². The van der Waals surface area contributed by atoms with Crippen LogP contribution in [0.5, 0.6) is 5.75 Å². The van der Waals surface area contributed by atoms with Crippen LogP contribution in [0, 0.1) is 0 Å². The highest BCUT2D eigenvalue weighted by molar-refractivity contribution is 7.80. The van der Waals surface area contributed by atoms with Crippen molar-refractivity contribution in [3.05, 3.63) is 36.3 Å². The van der Waals surface area contributed by atoms with E-state index >= 15 is 0 Å². The van der Waals surface area contributed by atoms with Crippen molar-refractivity contribution < 1.29 is 4.74 Å². The molecule has 0 bridgehead atoms. The molecule has 0 amide bonds. The Labute approximate surface area is 104 Å². The standard InChI is InChI=1S/C11H12N4OS/c1-2-16-9-6-14-15(7-9)10-4-3-8(5-13-10)11(12)17/h3-7H,2H2,1H3,(H2,12,17). The van der Waals surface area contributed by atoms with Crippen molar-refractivity contribution in [3.8, 4) is 11.6 Å². The molecule has 2 heterocycles. The normalized spacial score (nSPS) is 10.2. The van der Waals surface area contributed by atoms with Gasteiger partial charge >= 0.3 is 0 Å². The molecule has 0 aromatic carbocycles. The number of hydrogen-bond acceptors (Lipinski definition) is 4. The van der Waals surface area contributed by atoms with Crippen molar-refractivity contribution in [2.45, 2.75) is 6.92 Å². The summed E-state index contributed by atoms with van der Waals surface area (Å²) in [5.74, 6) is 1.41. The number of hydrogen-bond donors (Lipinski definition) is 1. The SMILES string of the molecule is CCOc1cnn(-c2ccc(C(N)=S)cn2)c1. The molecule has 0 aliphatic carbocycles. The van der Waals surface area contributed by atoms with Gasteiger partial charge in [-0.25, -0.2) is 9.67 Å². The molecule has 0 saturated carbocycles. The molecule has 0 fully saturated rings. The Bertz CT molecular complexity index is 521. The monoisotopic (exact) mass is 248 g/mol. The van der Waals surface area contributed by atoms with Gasteiger partial charge in [-0.15, -0.1) is 0 Å². The Morgan fingerprint density at radius 3 is 2.88 bits per heavy atom. The third-order valence-electron chi connectivity index (χ3n) is 2.14. The molecule has 2 rings (SSSR count). The quantitative estimate of drug-likeness (QED) is 0.826. The number of rotatable bonds is 4. The molecule has 17 heavy (non-hydrogen) atoms. The largest absolute Gasteiger partial charge is 0.491 e. The molecule has 5 nitrogen and oxygen atoms in total. The molecule has 0 aliphatic heterocycles. The van der Waals surface area contributed by atoms with Crippen LogP contribution in [-0.2, 0) is 0 Å². The van der Waals surface area contributed by atoms with E-state index in [2.05, 4.69) is 10.1 Å². The van der Waals surface area contributed by atoms with Gasteiger partial charge in [-0.2, -0.15) is 5.10 Å². The Morgan fingerprint density at radius 1 is 1.47 bits per heavy atom. The Hall–Kier alpha value is -1.95. The summed E-state index contributed by atoms with van der Waals surface area (Å²) < 4.78 is 6.95. The van der Waals surface area contributed by atoms with Crippen molar-refractivity contribution in [2.24, 2.45) is 5.73 Å². The van der Waals surface area contributed by atoms with E-state index in [4.69, 9.17) is 22.7 Å². The zero-order valence-corrected chi connectivity index (χ0v) is 10.1. The van der Waals surface area contributed by atoms with Crippen LogP contribution < -0.4 is 10.5 Å². The number of nitrogens with two attached hydrogens (primary N) is 1. The summed E-state index contributed by atoms with van der Waals surface area (Å²) in [7, 11) is 0. The summed E-state index contributed by atoms with van der Waals surface area (Å²) in [5, 5.41) is 4.14. The highest BCUT2D eigenvalue weighted by Crippen LogP contribution is 2.12. The van der Waals surface area contributed by atoms with Crippen molar-refractivity contribution in [2.75, 3.05) is 6.61 Å². The second-order valence-corrected chi connectivity index (χ2v) is 3.76. The number of nitrogens with zero attached hydrogens (tertiary/aromatic N) is 3. The Kier molecular flexibility index (Phi) is 3.34. The van der Waals surface area contributed by atoms with E-state index in [0.717, 1.165) is 5.56 Å². The lowest BCUT2D eigenvalue weighted by molar-refractivity contribution is 0.340. The molecule has 2 aromatic rings. The number of pyridine rings is 1. The van der Waals surface area contributed by atoms with Gasteiger partial charge in [0, 0.05) is 11.8 Å². The minimum Gasteiger partial charge on any atom is -0.491 e. The Morgan fingerprint density at radius 2 is 2.29 bits per heavy atom. The van der Waals surface area contributed by atoms with Crippen LogP contribution in [-0.4, -0.2) is 26.4 Å². The van der Waals surface area contributed by atoms with Gasteiger partial charge in [0.05, 0.1) is 19.0 Å². The first kappa shape index (κ1) is 11.5. The average Bonchev–Trinajstić information content (AvgIpc) is 2.78. The van der Waals surface area contributed by atoms with Crippen LogP contribution in [0.4, 0.5) is 0 Å². The number of aromatic nitrogens is 3. The molecular weight excluding hydrogens is 236 g/mol. The molecule has 88 valence electrons. The second kappa shape index (κ2) is 4.92. The highest BCUT2D eigenvalue weighted by atomic mass is 32.1. The highest BCUT2D eigenvalue weighted by Gasteiger charge is 2.03. The summed E-state index contributed by atoms with van der Waals surface area (Å²) in [6.07, 6.45) is 5.04. The first-order valence-electron chi connectivity index (χ1n) is 5.14. The van der Waals surface area contributed by atoms with Gasteiger partial charge in [0.2, 0.25) is 0 Å². The van der Waals surface area contributed by atoms with Gasteiger partial charge in [0.15, 0.2) is 11.6 Å². The predicted molar refractivity (Wildman–Crippen MR) is 68.4 cm³/mol. The fourth-order valence-corrected chi connectivity index (χ4v) is 1.46. The lowest BCUT2D eigenvalue weighted by atomic mass is 10.3. The average molecular weight is 248 g/mol. The van der Waals surface area contributed by atoms with E-state index in [1.807, 2.05) is 13.0 Å². The number of ether oxygens (including phenoxy) is 1. The third-order valence-corrected chi connectivity index (χ3v) is 2.37. The molecule has 0 atom stereocenters. The van der Waals surface area contributed by atoms with Crippen molar-refractivity contribution in [1.29, 1.82) is 0 Å². The zero-order valence-electron chi connectivity index (χ0n) is 9.33. The summed E-state index contributed by atoms with van der Waals surface area (Å²) in [6, 6.07) is 3.61. The lowest BCUT2D eigenvalue weighted by Gasteiger charge is -2.01. The lowest BCUT2D eigenvalue weighted by Crippen LogP contribution is -2.10. The van der Waals surface area contributed by atoms with Gasteiger partial charge in [0.1, 0.15) is 4.99 Å². The molecular formula is C11H12N4OS. The van der Waals surface area contributed by atoms with Crippen molar-refractivity contribution in [1.82, 2.24) is 14.8 Å². The van der Waals surface area contributed by atoms with Crippen LogP contribution >= 0.6 is 12.2 Å². The number of thiocarbonyl (C=S) groups is 1. The summed E-state index contributed by atoms with van der Waals surface area (Å²) >= 11 is 4.86. The summed E-state index contributed by atoms with van der Waals surface area (Å²) in [4.78, 5) is 4.55. The van der Waals surface area contributed by atoms with E-state index in [1.54, 1.807) is 29.3 Å². The smallest absolute Gasteiger partial charge is 0.157 e. The van der Waals surface area contributed by atoms with E-state index < -0.39 is 0 Å². The molecule has 0 saturated heterocycles. The maximum atomic E-state index is 5.50. The van der Waals surface area contributed by atoms with E-state index in [9.17, 15) is 0 Å². The van der Waals surface area contributed by atoms with Gasteiger partial charge in [-0.3, -0.25) is 0 Å². The van der Waals surface area contributed by atoms with Gasteiger partial charge in [0.25, 0.3) is 0 Å². The van der Waals surface area contributed by atoms with Crippen LogP contribution in [0.2, 0.25) is 0 Å². The van der Waals surface area contributed by atoms with E-state index in [1.165, 1.54) is 0 Å². The molecule has 0 radical (unpaired) electrons. The van der Waals surface area contributed by atoms with E-state index in [0.29, 0.717) is 23.2 Å². The van der Waals surface area contributed by atoms with Gasteiger partial charge in [-0.1, -0.05) is 12.2 Å². The molecule has 2 aromatic heterocycles. The fraction of sp³-hybridized carbons (Fsp3) is 0.182. The third kappa shape index (κ3) is 2.59. The maximum Gasteiger partial charge on any atom is 0.157 e. The second-order valence-electron chi connectivity index (χ2n) is 3.32. The van der Waals surface area contributed by atoms with Gasteiger partial charge in [-0.05, 0) is 19.1 Å². The van der Waals surface area contributed by atoms with Crippen LogP contribution in [0.25, 0.3) is 5.82 Å². The van der Waals surface area contributed by atoms with Crippen molar-refractivity contribution >= 4 is 17.2 Å². The fourth-order valence-electron chi connectivity index (χ4n) is 1.34. The summed E-state index contributed by atoms with van der Waals surface area (Å²) in [5.41, 5.74) is 6.23. The predicted octanol–water partition coefficient (Wildman–Crippen LogP) is 1.30. The van der Waals surface area contributed by atoms with Crippen molar-refractivity contribution in [3.63, 3.8) is 0 Å². The Balaban J connectivity index is 2.23. The molecule has 2 N–H and O–H groups in total. The summed E-state index contributed by atoms with van der Waals surface area (Å²) in [6.45, 7) is 2.53. The minimum atomic E-state index is 0.333. The zero-order chi connectivity index (χ0) is 12.3. The topological polar surface area (TPSA) is 66.0 Å². The maximum absolute atomic E-state index is 5.50. The molecule has 0 aliphatic rings. The van der Waals surface area contributed by atoms with E-state index in [-0.39, 0.29) is 0 Å².